The van der Waals surface area contributed by atoms with Crippen LogP contribution in [0, 0.1) is 6.92 Å². The first-order valence-electron chi connectivity index (χ1n) is 6.69. The molecule has 0 bridgehead atoms. The number of fused-ring (bicyclic) bond motifs is 1. The van der Waals surface area contributed by atoms with Crippen LogP contribution in [0.15, 0.2) is 39.1 Å². The zero-order valence-corrected chi connectivity index (χ0v) is 13.2. The van der Waals surface area contributed by atoms with Gasteiger partial charge in [0, 0.05) is 12.2 Å². The molecule has 2 aromatic rings. The summed E-state index contributed by atoms with van der Waals surface area (Å²) in [5, 5.41) is 0.808. The van der Waals surface area contributed by atoms with Crippen LogP contribution in [0.4, 0.5) is 0 Å². The number of aryl methyl sites for hydroxylation is 2. The molecule has 1 aliphatic rings. The van der Waals surface area contributed by atoms with Crippen LogP contribution < -0.4 is 5.56 Å². The van der Waals surface area contributed by atoms with E-state index in [1.54, 1.807) is 28.1 Å². The number of hydrogen-bond acceptors (Lipinski definition) is 4. The molecule has 2 heterocycles. The first kappa shape index (κ1) is 13.8. The zero-order valence-electron chi connectivity index (χ0n) is 11.5. The molecule has 3 rings (SSSR count). The number of thioether (sulfide) groups is 2. The Labute approximate surface area is 126 Å². The highest BCUT2D eigenvalue weighted by molar-refractivity contribution is 7.99. The van der Waals surface area contributed by atoms with Crippen molar-refractivity contribution < 1.29 is 0 Å². The smallest absolute Gasteiger partial charge is 0.268 e. The predicted octanol–water partition coefficient (Wildman–Crippen LogP) is 3.30. The molecule has 0 amide bonds. The lowest BCUT2D eigenvalue weighted by Gasteiger charge is -2.13. The molecule has 3 nitrogen and oxygen atoms in total. The summed E-state index contributed by atoms with van der Waals surface area (Å²) in [6.07, 6.45) is 0.904. The van der Waals surface area contributed by atoms with Crippen LogP contribution in [-0.4, -0.2) is 21.1 Å². The van der Waals surface area contributed by atoms with E-state index in [1.165, 1.54) is 5.56 Å². The van der Waals surface area contributed by atoms with E-state index in [2.05, 4.69) is 6.92 Å². The Bertz CT molecular complexity index is 692. The maximum atomic E-state index is 12.7. The van der Waals surface area contributed by atoms with Crippen molar-refractivity contribution in [3.8, 4) is 5.69 Å². The maximum Gasteiger partial charge on any atom is 0.272 e. The van der Waals surface area contributed by atoms with E-state index in [9.17, 15) is 4.79 Å². The molecule has 0 saturated heterocycles. The topological polar surface area (TPSA) is 34.9 Å². The largest absolute Gasteiger partial charge is 0.272 e. The quantitative estimate of drug-likeness (QED) is 0.644. The molecule has 0 unspecified atom stereocenters. The molecule has 5 heteroatoms. The monoisotopic (exact) mass is 304 g/mol. The van der Waals surface area contributed by atoms with Crippen LogP contribution in [0.5, 0.6) is 0 Å². The highest BCUT2D eigenvalue weighted by Crippen LogP contribution is 2.29. The van der Waals surface area contributed by atoms with Gasteiger partial charge in [-0.1, -0.05) is 36.4 Å². The lowest BCUT2D eigenvalue weighted by atomic mass is 10.2. The molecule has 0 atom stereocenters. The summed E-state index contributed by atoms with van der Waals surface area (Å²) in [7, 11) is 0. The van der Waals surface area contributed by atoms with Crippen LogP contribution in [0.1, 0.15) is 18.2 Å². The molecule has 0 radical (unpaired) electrons. The third-order valence-corrected chi connectivity index (χ3v) is 5.16. The van der Waals surface area contributed by atoms with Crippen molar-refractivity contribution >= 4 is 23.5 Å². The van der Waals surface area contributed by atoms with Crippen LogP contribution in [0.2, 0.25) is 0 Å². The summed E-state index contributed by atoms with van der Waals surface area (Å²) < 4.78 is 1.75. The highest BCUT2D eigenvalue weighted by Gasteiger charge is 2.22. The molecule has 0 aliphatic carbocycles. The van der Waals surface area contributed by atoms with Crippen molar-refractivity contribution in [3.63, 3.8) is 0 Å². The Hall–Kier alpha value is -1.20. The van der Waals surface area contributed by atoms with Crippen LogP contribution >= 0.6 is 23.5 Å². The fourth-order valence-corrected chi connectivity index (χ4v) is 4.02. The molecule has 20 heavy (non-hydrogen) atoms. The third kappa shape index (κ3) is 2.40. The number of hydrogen-bond donors (Lipinski definition) is 0. The van der Waals surface area contributed by atoms with Crippen molar-refractivity contribution in [1.29, 1.82) is 0 Å². The van der Waals surface area contributed by atoms with Crippen LogP contribution in [0.3, 0.4) is 0 Å². The van der Waals surface area contributed by atoms with Gasteiger partial charge in [0.2, 0.25) is 0 Å². The van der Waals surface area contributed by atoms with Crippen LogP contribution in [-0.2, 0) is 6.42 Å². The second-order valence-electron chi connectivity index (χ2n) is 4.68. The fourth-order valence-electron chi connectivity index (χ4n) is 2.24. The lowest BCUT2D eigenvalue weighted by Crippen LogP contribution is -2.23. The minimum absolute atomic E-state index is 0.0808. The molecular weight excluding hydrogens is 288 g/mol. The summed E-state index contributed by atoms with van der Waals surface area (Å²) in [5.41, 5.74) is 3.14. The zero-order chi connectivity index (χ0) is 14.1. The first-order valence-corrected chi connectivity index (χ1v) is 8.66. The summed E-state index contributed by atoms with van der Waals surface area (Å²) in [5.74, 6) is 1.87. The van der Waals surface area contributed by atoms with Crippen molar-refractivity contribution in [2.75, 3.05) is 11.5 Å². The van der Waals surface area contributed by atoms with Gasteiger partial charge in [-0.3, -0.25) is 9.36 Å². The first-order chi connectivity index (χ1) is 9.70. The van der Waals surface area contributed by atoms with E-state index in [-0.39, 0.29) is 5.56 Å². The van der Waals surface area contributed by atoms with Gasteiger partial charge in [0.15, 0.2) is 5.16 Å². The van der Waals surface area contributed by atoms with E-state index in [0.717, 1.165) is 39.4 Å². The summed E-state index contributed by atoms with van der Waals surface area (Å²) in [4.78, 5) is 18.3. The molecule has 0 spiro atoms. The van der Waals surface area contributed by atoms with E-state index >= 15 is 0 Å². The van der Waals surface area contributed by atoms with E-state index in [4.69, 9.17) is 4.98 Å². The van der Waals surface area contributed by atoms with Gasteiger partial charge in [-0.25, -0.2) is 4.98 Å². The Morgan fingerprint density at radius 1 is 1.35 bits per heavy atom. The van der Waals surface area contributed by atoms with Gasteiger partial charge in [-0.2, -0.15) is 0 Å². The third-order valence-electron chi connectivity index (χ3n) is 3.23. The molecule has 104 valence electrons. The van der Waals surface area contributed by atoms with Gasteiger partial charge in [-0.15, -0.1) is 11.8 Å². The molecule has 0 saturated carbocycles. The second-order valence-corrected chi connectivity index (χ2v) is 7.01. The normalized spacial score (nSPS) is 13.5. The Morgan fingerprint density at radius 3 is 2.80 bits per heavy atom. The number of aromatic nitrogens is 2. The summed E-state index contributed by atoms with van der Waals surface area (Å²) in [6, 6.07) is 8.04. The standard InChI is InChI=1S/C15H16N2OS2/c1-3-19-15-16-12-8-9-20-13(12)14(18)17(15)11-6-4-10(2)5-7-11/h4-7H,3,8-9H2,1-2H3. The summed E-state index contributed by atoms with van der Waals surface area (Å²) in [6.45, 7) is 4.13. The Morgan fingerprint density at radius 2 is 2.10 bits per heavy atom. The Kier molecular flexibility index (Phi) is 3.89. The van der Waals surface area contributed by atoms with Crippen molar-refractivity contribution in [2.45, 2.75) is 30.3 Å². The molecule has 1 aliphatic heterocycles. The molecule has 1 aromatic carbocycles. The second kappa shape index (κ2) is 5.66. The fraction of sp³-hybridized carbons (Fsp3) is 0.333. The van der Waals surface area contributed by atoms with E-state index in [0.29, 0.717) is 0 Å². The van der Waals surface area contributed by atoms with Gasteiger partial charge in [0.25, 0.3) is 5.56 Å². The van der Waals surface area contributed by atoms with Gasteiger partial charge in [0.1, 0.15) is 0 Å². The van der Waals surface area contributed by atoms with Crippen molar-refractivity contribution in [2.24, 2.45) is 0 Å². The van der Waals surface area contributed by atoms with E-state index < -0.39 is 0 Å². The van der Waals surface area contributed by atoms with Crippen molar-refractivity contribution in [3.05, 3.63) is 45.9 Å². The molecule has 1 aromatic heterocycles. The molecule has 0 fully saturated rings. The van der Waals surface area contributed by atoms with Crippen LogP contribution in [0.25, 0.3) is 5.69 Å². The average Bonchev–Trinajstić information content (AvgIpc) is 2.90. The minimum Gasteiger partial charge on any atom is -0.268 e. The number of benzene rings is 1. The van der Waals surface area contributed by atoms with Gasteiger partial charge >= 0.3 is 0 Å². The number of nitrogens with zero attached hydrogens (tertiary/aromatic N) is 2. The van der Waals surface area contributed by atoms with E-state index in [1.807, 2.05) is 31.2 Å². The van der Waals surface area contributed by atoms with Crippen molar-refractivity contribution in [1.82, 2.24) is 9.55 Å². The predicted molar refractivity (Wildman–Crippen MR) is 85.4 cm³/mol. The average molecular weight is 304 g/mol. The van der Waals surface area contributed by atoms with Gasteiger partial charge < -0.3 is 0 Å². The SMILES string of the molecule is CCSc1nc2c(c(=O)n1-c1ccc(C)cc1)SCC2. The molecule has 0 N–H and O–H groups in total. The summed E-state index contributed by atoms with van der Waals surface area (Å²) >= 11 is 3.25. The lowest BCUT2D eigenvalue weighted by molar-refractivity contribution is 0.739. The highest BCUT2D eigenvalue weighted by atomic mass is 32.2. The molecular formula is C15H16N2OS2. The minimum atomic E-state index is 0.0808. The maximum absolute atomic E-state index is 12.7. The van der Waals surface area contributed by atoms with Gasteiger partial charge in [0.05, 0.1) is 16.3 Å². The number of rotatable bonds is 3. The Balaban J connectivity index is 2.22. The van der Waals surface area contributed by atoms with Gasteiger partial charge in [-0.05, 0) is 24.8 Å².